The number of aryl methyl sites for hydroxylation is 1. The van der Waals surface area contributed by atoms with Gasteiger partial charge in [-0.1, -0.05) is 41.0 Å². The third kappa shape index (κ3) is 2.91. The van der Waals surface area contributed by atoms with Crippen molar-refractivity contribution in [3.8, 4) is 0 Å². The molecule has 0 aliphatic carbocycles. The van der Waals surface area contributed by atoms with Crippen LogP contribution < -0.4 is 4.73 Å². The first-order chi connectivity index (χ1) is 8.59. The number of halogens is 2. The molecular weight excluding hydrogens is 289 g/mol. The topological polar surface area (TPSA) is 26.9 Å². The van der Waals surface area contributed by atoms with Crippen molar-refractivity contribution in [3.05, 3.63) is 62.9 Å². The summed E-state index contributed by atoms with van der Waals surface area (Å²) in [5.41, 5.74) is 1.80. The van der Waals surface area contributed by atoms with Crippen LogP contribution in [0.1, 0.15) is 11.1 Å². The summed E-state index contributed by atoms with van der Waals surface area (Å²) in [7, 11) is 0. The van der Waals surface area contributed by atoms with Crippen LogP contribution in [0.15, 0.2) is 41.6 Å². The molecule has 0 atom stereocenters. The maximum atomic E-state index is 11.7. The van der Waals surface area contributed by atoms with Crippen LogP contribution in [-0.2, 0) is 5.75 Å². The Morgan fingerprint density at radius 1 is 1.17 bits per heavy atom. The number of rotatable bonds is 3. The Balaban J connectivity index is 2.22. The molecule has 18 heavy (non-hydrogen) atoms. The van der Waals surface area contributed by atoms with Crippen molar-refractivity contribution in [2.75, 3.05) is 0 Å². The number of thioether (sulfide) groups is 1. The normalized spacial score (nSPS) is 10.6. The van der Waals surface area contributed by atoms with Crippen LogP contribution in [0.2, 0.25) is 10.0 Å². The first kappa shape index (κ1) is 13.5. The highest BCUT2D eigenvalue weighted by Crippen LogP contribution is 2.31. The average molecular weight is 300 g/mol. The van der Waals surface area contributed by atoms with Crippen LogP contribution in [0, 0.1) is 12.1 Å². The standard InChI is InChI=1S/C13H11Cl2NOS/c1-9-4-3-7-16(17)13(9)18-8-10-11(14)5-2-6-12(10)15/h2-7H,8H2,1H3. The summed E-state index contributed by atoms with van der Waals surface area (Å²) < 4.78 is 0.866. The van der Waals surface area contributed by atoms with Gasteiger partial charge in [-0.05, 0) is 30.7 Å². The molecule has 5 heteroatoms. The lowest BCUT2D eigenvalue weighted by Crippen LogP contribution is -2.28. The van der Waals surface area contributed by atoms with Crippen molar-refractivity contribution in [2.45, 2.75) is 17.7 Å². The molecule has 0 saturated carbocycles. The largest absolute Gasteiger partial charge is 0.618 e. The molecule has 0 radical (unpaired) electrons. The van der Waals surface area contributed by atoms with E-state index in [2.05, 4.69) is 0 Å². The van der Waals surface area contributed by atoms with E-state index in [1.54, 1.807) is 24.3 Å². The zero-order chi connectivity index (χ0) is 13.1. The van der Waals surface area contributed by atoms with E-state index in [1.807, 2.05) is 13.0 Å². The van der Waals surface area contributed by atoms with Crippen LogP contribution in [0.4, 0.5) is 0 Å². The fourth-order valence-electron chi connectivity index (χ4n) is 1.57. The smallest absolute Gasteiger partial charge is 0.254 e. The molecule has 1 aromatic carbocycles. The van der Waals surface area contributed by atoms with Crippen LogP contribution in [0.25, 0.3) is 0 Å². The van der Waals surface area contributed by atoms with Crippen LogP contribution in [-0.4, -0.2) is 0 Å². The molecule has 2 rings (SSSR count). The van der Waals surface area contributed by atoms with E-state index in [4.69, 9.17) is 23.2 Å². The van der Waals surface area contributed by atoms with Gasteiger partial charge in [0.2, 0.25) is 0 Å². The maximum Gasteiger partial charge on any atom is 0.254 e. The van der Waals surface area contributed by atoms with Crippen molar-refractivity contribution in [2.24, 2.45) is 0 Å². The maximum absolute atomic E-state index is 11.7. The molecule has 0 spiro atoms. The highest BCUT2D eigenvalue weighted by atomic mass is 35.5. The van der Waals surface area contributed by atoms with Gasteiger partial charge < -0.3 is 5.21 Å². The second-order valence-corrected chi connectivity index (χ2v) is 5.59. The van der Waals surface area contributed by atoms with Crippen molar-refractivity contribution < 1.29 is 4.73 Å². The lowest BCUT2D eigenvalue weighted by Gasteiger charge is -2.08. The molecule has 0 aliphatic rings. The molecule has 2 aromatic rings. The summed E-state index contributed by atoms with van der Waals surface area (Å²) in [4.78, 5) is 0. The van der Waals surface area contributed by atoms with Gasteiger partial charge >= 0.3 is 0 Å². The zero-order valence-corrected chi connectivity index (χ0v) is 12.0. The monoisotopic (exact) mass is 299 g/mol. The summed E-state index contributed by atoms with van der Waals surface area (Å²) in [6.45, 7) is 1.91. The van der Waals surface area contributed by atoms with Gasteiger partial charge in [0, 0.05) is 27.4 Å². The Labute approximate surface area is 120 Å². The third-order valence-corrected chi connectivity index (χ3v) is 4.44. The van der Waals surface area contributed by atoms with Crippen LogP contribution in [0.3, 0.4) is 0 Å². The van der Waals surface area contributed by atoms with Crippen molar-refractivity contribution in [1.82, 2.24) is 0 Å². The zero-order valence-electron chi connectivity index (χ0n) is 9.69. The highest BCUT2D eigenvalue weighted by molar-refractivity contribution is 7.98. The SMILES string of the molecule is Cc1ccc[n+]([O-])c1SCc1c(Cl)cccc1Cl. The number of pyridine rings is 1. The van der Waals surface area contributed by atoms with E-state index < -0.39 is 0 Å². The number of benzene rings is 1. The number of nitrogens with zero attached hydrogens (tertiary/aromatic N) is 1. The summed E-state index contributed by atoms with van der Waals surface area (Å²) in [6, 6.07) is 9.04. The summed E-state index contributed by atoms with van der Waals surface area (Å²) in [6.07, 6.45) is 1.49. The van der Waals surface area contributed by atoms with Crippen molar-refractivity contribution in [1.29, 1.82) is 0 Å². The molecule has 1 heterocycles. The Morgan fingerprint density at radius 2 is 1.83 bits per heavy atom. The average Bonchev–Trinajstić information content (AvgIpc) is 2.31. The first-order valence-electron chi connectivity index (χ1n) is 5.34. The van der Waals surface area contributed by atoms with E-state index in [9.17, 15) is 5.21 Å². The lowest BCUT2D eigenvalue weighted by molar-refractivity contribution is -0.646. The van der Waals surface area contributed by atoms with Gasteiger partial charge in [-0.25, -0.2) is 0 Å². The molecule has 0 unspecified atom stereocenters. The first-order valence-corrected chi connectivity index (χ1v) is 7.08. The van der Waals surface area contributed by atoms with Gasteiger partial charge in [0.25, 0.3) is 5.03 Å². The van der Waals surface area contributed by atoms with Gasteiger partial charge in [-0.3, -0.25) is 0 Å². The third-order valence-electron chi connectivity index (χ3n) is 2.52. The predicted octanol–water partition coefficient (Wildman–Crippen LogP) is 4.23. The fraction of sp³-hybridized carbons (Fsp3) is 0.154. The molecule has 0 N–H and O–H groups in total. The number of aromatic nitrogens is 1. The molecule has 0 fully saturated rings. The minimum absolute atomic E-state index is 0.575. The van der Waals surface area contributed by atoms with Crippen molar-refractivity contribution in [3.63, 3.8) is 0 Å². The minimum atomic E-state index is 0.575. The van der Waals surface area contributed by atoms with Crippen LogP contribution in [0.5, 0.6) is 0 Å². The molecular formula is C13H11Cl2NOS. The van der Waals surface area contributed by atoms with E-state index in [0.29, 0.717) is 20.8 Å². The van der Waals surface area contributed by atoms with Gasteiger partial charge in [0.05, 0.1) is 0 Å². The quantitative estimate of drug-likeness (QED) is 0.482. The summed E-state index contributed by atoms with van der Waals surface area (Å²) >= 11 is 13.6. The molecule has 1 aromatic heterocycles. The van der Waals surface area contributed by atoms with Crippen LogP contribution >= 0.6 is 35.0 Å². The van der Waals surface area contributed by atoms with Gasteiger partial charge in [0.1, 0.15) is 0 Å². The van der Waals surface area contributed by atoms with Crippen molar-refractivity contribution >= 4 is 35.0 Å². The van der Waals surface area contributed by atoms with Gasteiger partial charge in [-0.15, -0.1) is 0 Å². The van der Waals surface area contributed by atoms with Gasteiger partial charge in [0.15, 0.2) is 6.20 Å². The fourth-order valence-corrected chi connectivity index (χ4v) is 3.33. The van der Waals surface area contributed by atoms with E-state index in [0.717, 1.165) is 15.9 Å². The highest BCUT2D eigenvalue weighted by Gasteiger charge is 2.12. The molecule has 2 nitrogen and oxygen atoms in total. The molecule has 0 aliphatic heterocycles. The number of hydrogen-bond acceptors (Lipinski definition) is 2. The molecule has 0 amide bonds. The summed E-state index contributed by atoms with van der Waals surface area (Å²) in [5, 5.41) is 13.6. The second-order valence-electron chi connectivity index (χ2n) is 3.81. The Kier molecular flexibility index (Phi) is 4.38. The Morgan fingerprint density at radius 3 is 2.44 bits per heavy atom. The second kappa shape index (κ2) is 5.83. The van der Waals surface area contributed by atoms with E-state index >= 15 is 0 Å². The summed E-state index contributed by atoms with van der Waals surface area (Å²) in [5.74, 6) is 0.575. The van der Waals surface area contributed by atoms with E-state index in [1.165, 1.54) is 18.0 Å². The Bertz CT molecular complexity index is 483. The molecule has 94 valence electrons. The number of hydrogen-bond donors (Lipinski definition) is 0. The lowest BCUT2D eigenvalue weighted by atomic mass is 10.2. The van der Waals surface area contributed by atoms with E-state index in [-0.39, 0.29) is 0 Å². The predicted molar refractivity (Wildman–Crippen MR) is 76.2 cm³/mol. The minimum Gasteiger partial charge on any atom is -0.618 e. The van der Waals surface area contributed by atoms with Gasteiger partial charge in [-0.2, -0.15) is 4.73 Å². The Hall–Kier alpha value is -0.900. The molecule has 0 saturated heterocycles. The molecule has 0 bridgehead atoms.